The Balaban J connectivity index is 1.82. The molecule has 2 aromatic rings. The Morgan fingerprint density at radius 1 is 1.35 bits per heavy atom. The first-order valence-corrected chi connectivity index (χ1v) is 7.65. The summed E-state index contributed by atoms with van der Waals surface area (Å²) >= 11 is 7.26. The average Bonchev–Trinajstić information content (AvgIpc) is 2.45. The van der Waals surface area contributed by atoms with E-state index in [1.54, 1.807) is 12.1 Å². The van der Waals surface area contributed by atoms with Gasteiger partial charge in [-0.2, -0.15) is 0 Å². The number of hydrogen-bond acceptors (Lipinski definition) is 4. The number of nitrogens with zero attached hydrogens (tertiary/aromatic N) is 1. The molecule has 0 aliphatic rings. The fraction of sp³-hybridized carbons (Fsp3) is 0.286. The Kier molecular flexibility index (Phi) is 5.49. The molecule has 1 N–H and O–H groups in total. The highest BCUT2D eigenvalue weighted by Gasteiger charge is 2.01. The topological polar surface area (TPSA) is 55.0 Å². The molecule has 0 saturated carbocycles. The van der Waals surface area contributed by atoms with Gasteiger partial charge in [0.2, 0.25) is 0 Å². The molecule has 0 aliphatic carbocycles. The summed E-state index contributed by atoms with van der Waals surface area (Å²) in [7, 11) is 0. The molecule has 1 aromatic carbocycles. The molecule has 0 aliphatic heterocycles. The Labute approximate surface area is 126 Å². The summed E-state index contributed by atoms with van der Waals surface area (Å²) in [6, 6.07) is 8.74. The lowest BCUT2D eigenvalue weighted by Crippen LogP contribution is -2.10. The van der Waals surface area contributed by atoms with Gasteiger partial charge in [-0.15, -0.1) is 0 Å². The molecule has 106 valence electrons. The van der Waals surface area contributed by atoms with E-state index in [1.165, 1.54) is 17.8 Å². The quantitative estimate of drug-likeness (QED) is 0.506. The number of ether oxygens (including phenoxy) is 1. The second kappa shape index (κ2) is 7.36. The van der Waals surface area contributed by atoms with Crippen molar-refractivity contribution in [1.82, 2.24) is 9.97 Å². The predicted molar refractivity (Wildman–Crippen MR) is 81.9 cm³/mol. The van der Waals surface area contributed by atoms with E-state index in [9.17, 15) is 4.79 Å². The molecule has 2 rings (SSSR count). The van der Waals surface area contributed by atoms with Crippen molar-refractivity contribution >= 4 is 23.4 Å². The number of H-pyrrole nitrogens is 1. The molecule has 20 heavy (non-hydrogen) atoms. The number of nitrogens with one attached hydrogen (secondary N) is 1. The molecular formula is C14H15ClN2O2S. The molecule has 1 aromatic heterocycles. The second-order valence-electron chi connectivity index (χ2n) is 4.05. The lowest BCUT2D eigenvalue weighted by atomic mass is 10.3. The third-order valence-electron chi connectivity index (χ3n) is 2.54. The van der Waals surface area contributed by atoms with Gasteiger partial charge < -0.3 is 9.72 Å². The highest BCUT2D eigenvalue weighted by atomic mass is 35.5. The van der Waals surface area contributed by atoms with Crippen LogP contribution < -0.4 is 10.3 Å². The SMILES string of the molecule is CCc1cc(=O)[nH]c(SCCOc2ccc(Cl)cc2)n1. The van der Waals surface area contributed by atoms with Crippen LogP contribution in [0.2, 0.25) is 5.02 Å². The molecule has 0 saturated heterocycles. The Bertz CT molecular complexity index is 613. The van der Waals surface area contributed by atoms with Crippen LogP contribution in [0.4, 0.5) is 0 Å². The van der Waals surface area contributed by atoms with Crippen molar-refractivity contribution in [2.75, 3.05) is 12.4 Å². The summed E-state index contributed by atoms with van der Waals surface area (Å²) in [5.41, 5.74) is 0.688. The van der Waals surface area contributed by atoms with E-state index in [0.717, 1.165) is 17.9 Å². The molecule has 6 heteroatoms. The van der Waals surface area contributed by atoms with E-state index in [1.807, 2.05) is 19.1 Å². The number of thioether (sulfide) groups is 1. The fourth-order valence-corrected chi connectivity index (χ4v) is 2.40. The highest BCUT2D eigenvalue weighted by molar-refractivity contribution is 7.99. The third-order valence-corrected chi connectivity index (χ3v) is 3.63. The van der Waals surface area contributed by atoms with Gasteiger partial charge in [-0.1, -0.05) is 30.3 Å². The molecule has 0 radical (unpaired) electrons. The van der Waals surface area contributed by atoms with Gasteiger partial charge in [0.15, 0.2) is 5.16 Å². The summed E-state index contributed by atoms with van der Waals surface area (Å²) in [6.45, 7) is 2.51. The van der Waals surface area contributed by atoms with E-state index < -0.39 is 0 Å². The standard InChI is InChI=1S/C14H15ClN2O2S/c1-2-11-9-13(18)17-14(16-11)20-8-7-19-12-5-3-10(15)4-6-12/h3-6,9H,2,7-8H2,1H3,(H,16,17,18). The van der Waals surface area contributed by atoms with Crippen LogP contribution in [0.25, 0.3) is 0 Å². The summed E-state index contributed by atoms with van der Waals surface area (Å²) in [6.07, 6.45) is 0.749. The maximum Gasteiger partial charge on any atom is 0.251 e. The van der Waals surface area contributed by atoms with Gasteiger partial charge >= 0.3 is 0 Å². The summed E-state index contributed by atoms with van der Waals surface area (Å²) < 4.78 is 5.57. The minimum atomic E-state index is -0.113. The Hall–Kier alpha value is -1.46. The smallest absolute Gasteiger partial charge is 0.251 e. The van der Waals surface area contributed by atoms with Crippen molar-refractivity contribution in [3.05, 3.63) is 51.4 Å². The molecule has 4 nitrogen and oxygen atoms in total. The van der Waals surface area contributed by atoms with E-state index >= 15 is 0 Å². The fourth-order valence-electron chi connectivity index (χ4n) is 1.56. The number of benzene rings is 1. The zero-order valence-corrected chi connectivity index (χ0v) is 12.6. The van der Waals surface area contributed by atoms with Crippen molar-refractivity contribution in [3.8, 4) is 5.75 Å². The number of aromatic nitrogens is 2. The van der Waals surface area contributed by atoms with Crippen LogP contribution >= 0.6 is 23.4 Å². The Morgan fingerprint density at radius 2 is 2.10 bits per heavy atom. The van der Waals surface area contributed by atoms with E-state index in [-0.39, 0.29) is 5.56 Å². The van der Waals surface area contributed by atoms with Gasteiger partial charge in [0.25, 0.3) is 5.56 Å². The van der Waals surface area contributed by atoms with Crippen molar-refractivity contribution in [3.63, 3.8) is 0 Å². The van der Waals surface area contributed by atoms with Crippen molar-refractivity contribution in [2.45, 2.75) is 18.5 Å². The van der Waals surface area contributed by atoms with Gasteiger partial charge in [-0.3, -0.25) is 4.79 Å². The first-order valence-electron chi connectivity index (χ1n) is 6.29. The van der Waals surface area contributed by atoms with Gasteiger partial charge in [0, 0.05) is 22.5 Å². The molecule has 0 amide bonds. The lowest BCUT2D eigenvalue weighted by Gasteiger charge is -2.06. The largest absolute Gasteiger partial charge is 0.493 e. The van der Waals surface area contributed by atoms with Gasteiger partial charge in [-0.05, 0) is 30.7 Å². The maximum absolute atomic E-state index is 11.4. The normalized spacial score (nSPS) is 10.5. The molecule has 0 fully saturated rings. The van der Waals surface area contributed by atoms with Crippen molar-refractivity contribution in [2.24, 2.45) is 0 Å². The zero-order chi connectivity index (χ0) is 14.4. The zero-order valence-electron chi connectivity index (χ0n) is 11.1. The third kappa shape index (κ3) is 4.58. The summed E-state index contributed by atoms with van der Waals surface area (Å²) in [5, 5.41) is 1.32. The molecule has 0 bridgehead atoms. The number of hydrogen-bond donors (Lipinski definition) is 1. The van der Waals surface area contributed by atoms with Gasteiger partial charge in [0.05, 0.1) is 6.61 Å². The maximum atomic E-state index is 11.4. The van der Waals surface area contributed by atoms with Crippen LogP contribution in [0, 0.1) is 0 Å². The molecular weight excluding hydrogens is 296 g/mol. The van der Waals surface area contributed by atoms with Crippen molar-refractivity contribution < 1.29 is 4.74 Å². The first kappa shape index (κ1) is 14.9. The van der Waals surface area contributed by atoms with Crippen LogP contribution in [0.5, 0.6) is 5.75 Å². The highest BCUT2D eigenvalue weighted by Crippen LogP contribution is 2.16. The van der Waals surface area contributed by atoms with E-state index in [0.29, 0.717) is 22.5 Å². The van der Waals surface area contributed by atoms with Crippen LogP contribution in [0.1, 0.15) is 12.6 Å². The molecule has 1 heterocycles. The average molecular weight is 311 g/mol. The van der Waals surface area contributed by atoms with E-state index in [4.69, 9.17) is 16.3 Å². The molecule has 0 unspecified atom stereocenters. The minimum absolute atomic E-state index is 0.113. The predicted octanol–water partition coefficient (Wildman–Crippen LogP) is 3.16. The molecule has 0 atom stereocenters. The van der Waals surface area contributed by atoms with Gasteiger partial charge in [0.1, 0.15) is 5.75 Å². The lowest BCUT2D eigenvalue weighted by molar-refractivity contribution is 0.344. The Morgan fingerprint density at radius 3 is 2.80 bits per heavy atom. The number of aromatic amines is 1. The molecule has 0 spiro atoms. The van der Waals surface area contributed by atoms with Gasteiger partial charge in [-0.25, -0.2) is 4.98 Å². The number of halogens is 1. The van der Waals surface area contributed by atoms with Crippen LogP contribution in [0.15, 0.2) is 40.3 Å². The summed E-state index contributed by atoms with van der Waals surface area (Å²) in [4.78, 5) is 18.5. The first-order chi connectivity index (χ1) is 9.67. The number of rotatable bonds is 6. The van der Waals surface area contributed by atoms with Crippen LogP contribution in [-0.2, 0) is 6.42 Å². The second-order valence-corrected chi connectivity index (χ2v) is 5.57. The summed E-state index contributed by atoms with van der Waals surface area (Å²) in [5.74, 6) is 1.48. The van der Waals surface area contributed by atoms with E-state index in [2.05, 4.69) is 9.97 Å². The minimum Gasteiger partial charge on any atom is -0.493 e. The van der Waals surface area contributed by atoms with Crippen LogP contribution in [-0.4, -0.2) is 22.3 Å². The number of aryl methyl sites for hydroxylation is 1. The van der Waals surface area contributed by atoms with Crippen LogP contribution in [0.3, 0.4) is 0 Å². The monoisotopic (exact) mass is 310 g/mol. The van der Waals surface area contributed by atoms with Crippen molar-refractivity contribution in [1.29, 1.82) is 0 Å².